The molecule has 0 fully saturated rings. The lowest BCUT2D eigenvalue weighted by atomic mass is 10.0. The highest BCUT2D eigenvalue weighted by Gasteiger charge is 2.11. The molecular formula is C19H12ClN2O3-. The van der Waals surface area contributed by atoms with Crippen LogP contribution in [0.15, 0.2) is 67.0 Å². The van der Waals surface area contributed by atoms with Crippen molar-refractivity contribution in [2.45, 2.75) is 0 Å². The van der Waals surface area contributed by atoms with E-state index in [1.54, 1.807) is 30.6 Å². The second-order valence-corrected chi connectivity index (χ2v) is 5.68. The van der Waals surface area contributed by atoms with Crippen molar-refractivity contribution in [1.82, 2.24) is 4.98 Å². The monoisotopic (exact) mass is 351 g/mol. The number of benzene rings is 2. The second-order valence-electron chi connectivity index (χ2n) is 5.25. The normalized spacial score (nSPS) is 10.3. The molecule has 0 atom stereocenters. The number of nitrogens with zero attached hydrogens (tertiary/aromatic N) is 1. The molecule has 25 heavy (non-hydrogen) atoms. The number of aromatic nitrogens is 1. The molecule has 0 saturated heterocycles. The van der Waals surface area contributed by atoms with Gasteiger partial charge in [-0.05, 0) is 53.6 Å². The minimum atomic E-state index is -1.41. The number of nitrogens with one attached hydrogen (secondary N) is 1. The van der Waals surface area contributed by atoms with Crippen molar-refractivity contribution in [1.29, 1.82) is 0 Å². The maximum absolute atomic E-state index is 12.5. The van der Waals surface area contributed by atoms with Gasteiger partial charge in [-0.1, -0.05) is 23.7 Å². The molecule has 6 heteroatoms. The van der Waals surface area contributed by atoms with Crippen LogP contribution >= 0.6 is 11.6 Å². The first-order valence-electron chi connectivity index (χ1n) is 7.37. The Morgan fingerprint density at radius 3 is 2.44 bits per heavy atom. The van der Waals surface area contributed by atoms with Gasteiger partial charge < -0.3 is 15.2 Å². The number of carboxylic acid groups (broad SMARTS) is 1. The summed E-state index contributed by atoms with van der Waals surface area (Å²) in [5.41, 5.74) is 2.13. The van der Waals surface area contributed by atoms with Crippen LogP contribution in [0.3, 0.4) is 0 Å². The Hall–Kier alpha value is -3.18. The lowest BCUT2D eigenvalue weighted by Crippen LogP contribution is -2.25. The maximum atomic E-state index is 12.5. The van der Waals surface area contributed by atoms with Crippen molar-refractivity contribution >= 4 is 29.2 Å². The molecule has 124 valence electrons. The summed E-state index contributed by atoms with van der Waals surface area (Å²) in [7, 11) is 0. The third-order valence-corrected chi connectivity index (χ3v) is 3.82. The lowest BCUT2D eigenvalue weighted by Gasteiger charge is -2.13. The van der Waals surface area contributed by atoms with Crippen molar-refractivity contribution in [2.75, 3.05) is 5.32 Å². The van der Waals surface area contributed by atoms with Crippen LogP contribution in [0.1, 0.15) is 20.7 Å². The van der Waals surface area contributed by atoms with E-state index in [1.807, 2.05) is 18.2 Å². The highest BCUT2D eigenvalue weighted by Crippen LogP contribution is 2.23. The number of anilines is 1. The molecule has 0 spiro atoms. The molecule has 0 aliphatic heterocycles. The first-order chi connectivity index (χ1) is 12.0. The van der Waals surface area contributed by atoms with E-state index in [4.69, 9.17) is 11.6 Å². The van der Waals surface area contributed by atoms with Gasteiger partial charge >= 0.3 is 0 Å². The van der Waals surface area contributed by atoms with Crippen LogP contribution < -0.4 is 10.4 Å². The Kier molecular flexibility index (Phi) is 4.77. The maximum Gasteiger partial charge on any atom is 0.255 e. The standard InChI is InChI=1S/C19H13ClN2O3/c20-15-4-5-17(16(11-15)19(24)25)22-18(23)14-3-1-2-13(10-14)12-6-8-21-9-7-12/h1-11H,(H,22,23)(H,24,25)/p-1. The summed E-state index contributed by atoms with van der Waals surface area (Å²) < 4.78 is 0. The summed E-state index contributed by atoms with van der Waals surface area (Å²) in [5.74, 6) is -1.84. The quantitative estimate of drug-likeness (QED) is 0.783. The number of halogens is 1. The fourth-order valence-electron chi connectivity index (χ4n) is 2.37. The molecule has 3 aromatic rings. The predicted molar refractivity (Wildman–Crippen MR) is 93.4 cm³/mol. The van der Waals surface area contributed by atoms with E-state index < -0.39 is 11.9 Å². The van der Waals surface area contributed by atoms with Crippen LogP contribution in [0.4, 0.5) is 5.69 Å². The van der Waals surface area contributed by atoms with Gasteiger partial charge in [-0.25, -0.2) is 0 Å². The average Bonchev–Trinajstić information content (AvgIpc) is 2.64. The van der Waals surface area contributed by atoms with Gasteiger partial charge in [0.1, 0.15) is 0 Å². The zero-order valence-electron chi connectivity index (χ0n) is 12.9. The fourth-order valence-corrected chi connectivity index (χ4v) is 2.55. The minimum absolute atomic E-state index is 0.128. The summed E-state index contributed by atoms with van der Waals surface area (Å²) in [6.07, 6.45) is 3.34. The van der Waals surface area contributed by atoms with Crippen molar-refractivity contribution in [3.05, 3.63) is 83.1 Å². The molecule has 1 aromatic heterocycles. The molecule has 0 saturated carbocycles. The number of hydrogen-bond acceptors (Lipinski definition) is 4. The Bertz CT molecular complexity index is 942. The third kappa shape index (κ3) is 3.84. The van der Waals surface area contributed by atoms with Crippen LogP contribution in [0.25, 0.3) is 11.1 Å². The van der Waals surface area contributed by atoms with Crippen molar-refractivity contribution in [2.24, 2.45) is 0 Å². The van der Waals surface area contributed by atoms with E-state index in [1.165, 1.54) is 18.2 Å². The highest BCUT2D eigenvalue weighted by molar-refractivity contribution is 6.31. The molecule has 1 amide bonds. The van der Waals surface area contributed by atoms with Gasteiger partial charge in [0, 0.05) is 28.5 Å². The molecular weight excluding hydrogens is 340 g/mol. The molecule has 0 unspecified atom stereocenters. The van der Waals surface area contributed by atoms with Crippen LogP contribution in [0.5, 0.6) is 0 Å². The van der Waals surface area contributed by atoms with Crippen molar-refractivity contribution < 1.29 is 14.7 Å². The van der Waals surface area contributed by atoms with Gasteiger partial charge in [-0.15, -0.1) is 0 Å². The topological polar surface area (TPSA) is 82.1 Å². The fraction of sp³-hybridized carbons (Fsp3) is 0. The molecule has 1 heterocycles. The van der Waals surface area contributed by atoms with Gasteiger partial charge in [-0.2, -0.15) is 0 Å². The van der Waals surface area contributed by atoms with E-state index in [0.29, 0.717) is 5.56 Å². The average molecular weight is 352 g/mol. The number of hydrogen-bond donors (Lipinski definition) is 1. The Morgan fingerprint density at radius 2 is 1.72 bits per heavy atom. The molecule has 0 aliphatic rings. The predicted octanol–water partition coefficient (Wildman–Crippen LogP) is 3.02. The molecule has 5 nitrogen and oxygen atoms in total. The van der Waals surface area contributed by atoms with Crippen LogP contribution in [0.2, 0.25) is 5.02 Å². The zero-order valence-corrected chi connectivity index (χ0v) is 13.7. The summed E-state index contributed by atoms with van der Waals surface area (Å²) in [6, 6.07) is 14.8. The zero-order chi connectivity index (χ0) is 17.8. The van der Waals surface area contributed by atoms with E-state index in [2.05, 4.69) is 10.3 Å². The van der Waals surface area contributed by atoms with E-state index in [-0.39, 0.29) is 16.3 Å². The number of carbonyl (C=O) groups is 2. The van der Waals surface area contributed by atoms with E-state index in [9.17, 15) is 14.7 Å². The molecule has 0 radical (unpaired) electrons. The third-order valence-electron chi connectivity index (χ3n) is 3.59. The Balaban J connectivity index is 1.89. The molecule has 0 bridgehead atoms. The number of carbonyl (C=O) groups excluding carboxylic acids is 2. The van der Waals surface area contributed by atoms with Crippen molar-refractivity contribution in [3.63, 3.8) is 0 Å². The summed E-state index contributed by atoms with van der Waals surface area (Å²) in [5, 5.41) is 14.0. The second kappa shape index (κ2) is 7.15. The smallest absolute Gasteiger partial charge is 0.255 e. The highest BCUT2D eigenvalue weighted by atomic mass is 35.5. The molecule has 2 aromatic carbocycles. The lowest BCUT2D eigenvalue weighted by molar-refractivity contribution is -0.254. The van der Waals surface area contributed by atoms with E-state index in [0.717, 1.165) is 11.1 Å². The van der Waals surface area contributed by atoms with Crippen LogP contribution in [0, 0.1) is 0 Å². The van der Waals surface area contributed by atoms with Crippen LogP contribution in [-0.4, -0.2) is 16.9 Å². The first-order valence-corrected chi connectivity index (χ1v) is 7.75. The number of rotatable bonds is 4. The molecule has 0 aliphatic carbocycles. The molecule has 3 rings (SSSR count). The number of aromatic carboxylic acids is 1. The minimum Gasteiger partial charge on any atom is -0.545 e. The van der Waals surface area contributed by atoms with Crippen LogP contribution in [-0.2, 0) is 0 Å². The first kappa shape index (κ1) is 16.7. The number of carboxylic acids is 1. The largest absolute Gasteiger partial charge is 0.545 e. The summed E-state index contributed by atoms with van der Waals surface area (Å²) in [4.78, 5) is 27.7. The van der Waals surface area contributed by atoms with Gasteiger partial charge in [0.2, 0.25) is 0 Å². The van der Waals surface area contributed by atoms with E-state index >= 15 is 0 Å². The number of amides is 1. The Morgan fingerprint density at radius 1 is 0.960 bits per heavy atom. The number of pyridine rings is 1. The summed E-state index contributed by atoms with van der Waals surface area (Å²) >= 11 is 5.79. The van der Waals surface area contributed by atoms with Gasteiger partial charge in [-0.3, -0.25) is 9.78 Å². The van der Waals surface area contributed by atoms with Gasteiger partial charge in [0.25, 0.3) is 5.91 Å². The molecule has 1 N–H and O–H groups in total. The van der Waals surface area contributed by atoms with Crippen molar-refractivity contribution in [3.8, 4) is 11.1 Å². The van der Waals surface area contributed by atoms with Gasteiger partial charge in [0.05, 0.1) is 11.7 Å². The Labute approximate surface area is 148 Å². The van der Waals surface area contributed by atoms with Gasteiger partial charge in [0.15, 0.2) is 0 Å². The summed E-state index contributed by atoms with van der Waals surface area (Å²) in [6.45, 7) is 0. The SMILES string of the molecule is O=C(Nc1ccc(Cl)cc1C(=O)[O-])c1cccc(-c2ccncc2)c1.